The van der Waals surface area contributed by atoms with Crippen LogP contribution in [-0.4, -0.2) is 53.0 Å². The number of rotatable bonds is 15. The van der Waals surface area contributed by atoms with E-state index in [0.717, 1.165) is 5.56 Å². The van der Waals surface area contributed by atoms with Crippen LogP contribution in [0, 0.1) is 17.8 Å². The van der Waals surface area contributed by atoms with Crippen molar-refractivity contribution in [3.63, 3.8) is 0 Å². The molecule has 6 atom stereocenters. The van der Waals surface area contributed by atoms with E-state index in [-0.39, 0.29) is 24.2 Å². The maximum atomic E-state index is 13.3. The molecular weight excluding hydrogens is 460 g/mol. The first-order chi connectivity index (χ1) is 16.9. The average molecular weight is 505 g/mol. The normalized spacial score (nSPS) is 16.2. The number of benzene rings is 1. The van der Waals surface area contributed by atoms with Crippen molar-refractivity contribution in [2.75, 3.05) is 0 Å². The van der Waals surface area contributed by atoms with Gasteiger partial charge in [-0.3, -0.25) is 14.4 Å². The van der Waals surface area contributed by atoms with Crippen molar-refractivity contribution in [2.45, 2.75) is 91.4 Å². The third-order valence-electron chi connectivity index (χ3n) is 6.55. The molecule has 0 aliphatic heterocycles. The highest BCUT2D eigenvalue weighted by atomic mass is 16.4. The summed E-state index contributed by atoms with van der Waals surface area (Å²) in [5, 5.41) is 17.8. The van der Waals surface area contributed by atoms with E-state index in [1.54, 1.807) is 24.3 Å². The van der Waals surface area contributed by atoms with E-state index in [1.165, 1.54) is 0 Å². The predicted molar refractivity (Wildman–Crippen MR) is 140 cm³/mol. The van der Waals surface area contributed by atoms with Gasteiger partial charge in [0, 0.05) is 6.42 Å². The second-order valence-corrected chi connectivity index (χ2v) is 10.1. The fourth-order valence-electron chi connectivity index (χ4n) is 3.83. The third kappa shape index (κ3) is 9.97. The summed E-state index contributed by atoms with van der Waals surface area (Å²) in [5.74, 6) is -2.90. The number of carbonyl (C=O) groups excluding carboxylic acids is 3. The summed E-state index contributed by atoms with van der Waals surface area (Å²) in [4.78, 5) is 51.0. The Morgan fingerprint density at radius 3 is 1.72 bits per heavy atom. The molecular formula is C27H44N4O5. The molecule has 0 aliphatic carbocycles. The molecule has 0 saturated carbocycles. The van der Waals surface area contributed by atoms with Crippen LogP contribution in [0.5, 0.6) is 0 Å². The Balaban J connectivity index is 3.04. The molecule has 0 fully saturated rings. The molecule has 0 aliphatic rings. The molecule has 6 N–H and O–H groups in total. The zero-order chi connectivity index (χ0) is 27.4. The molecule has 6 unspecified atom stereocenters. The van der Waals surface area contributed by atoms with Crippen molar-refractivity contribution in [3.8, 4) is 0 Å². The molecule has 0 aromatic heterocycles. The van der Waals surface area contributed by atoms with Crippen LogP contribution >= 0.6 is 0 Å². The van der Waals surface area contributed by atoms with E-state index in [9.17, 15) is 24.3 Å². The van der Waals surface area contributed by atoms with Gasteiger partial charge in [-0.1, -0.05) is 84.7 Å². The van der Waals surface area contributed by atoms with Crippen molar-refractivity contribution in [1.82, 2.24) is 16.0 Å². The molecule has 0 bridgehead atoms. The number of amides is 3. The van der Waals surface area contributed by atoms with Gasteiger partial charge in [-0.25, -0.2) is 4.79 Å². The lowest BCUT2D eigenvalue weighted by Crippen LogP contribution is -2.60. The lowest BCUT2D eigenvalue weighted by atomic mass is 9.94. The molecule has 1 aromatic rings. The van der Waals surface area contributed by atoms with Crippen LogP contribution in [0.1, 0.15) is 66.4 Å². The summed E-state index contributed by atoms with van der Waals surface area (Å²) in [6.07, 6.45) is 1.80. The number of hydrogen-bond acceptors (Lipinski definition) is 5. The van der Waals surface area contributed by atoms with Crippen LogP contribution in [-0.2, 0) is 25.6 Å². The van der Waals surface area contributed by atoms with E-state index in [1.807, 2.05) is 47.6 Å². The van der Waals surface area contributed by atoms with Crippen molar-refractivity contribution in [3.05, 3.63) is 35.9 Å². The van der Waals surface area contributed by atoms with Crippen molar-refractivity contribution in [2.24, 2.45) is 23.5 Å². The topological polar surface area (TPSA) is 151 Å². The first-order valence-corrected chi connectivity index (χ1v) is 12.8. The van der Waals surface area contributed by atoms with Gasteiger partial charge in [0.1, 0.15) is 18.1 Å². The highest BCUT2D eigenvalue weighted by Gasteiger charge is 2.34. The molecule has 36 heavy (non-hydrogen) atoms. The van der Waals surface area contributed by atoms with E-state index in [0.29, 0.717) is 19.3 Å². The van der Waals surface area contributed by atoms with Gasteiger partial charge in [-0.2, -0.15) is 0 Å². The summed E-state index contributed by atoms with van der Waals surface area (Å²) in [5.41, 5.74) is 6.78. The summed E-state index contributed by atoms with van der Waals surface area (Å²) in [7, 11) is 0. The minimum atomic E-state index is -1.16. The Morgan fingerprint density at radius 1 is 0.806 bits per heavy atom. The van der Waals surface area contributed by atoms with Crippen LogP contribution in [0.15, 0.2) is 30.3 Å². The SMILES string of the molecule is CCC(C)C(NC(=O)C(N)CC(C)C)C(=O)NC(C(=O)NC(Cc1ccccc1)C(=O)O)C(C)CC. The Hall–Kier alpha value is -2.94. The summed E-state index contributed by atoms with van der Waals surface area (Å²) >= 11 is 0. The summed E-state index contributed by atoms with van der Waals surface area (Å²) < 4.78 is 0. The molecule has 0 saturated heterocycles. The molecule has 9 heteroatoms. The minimum Gasteiger partial charge on any atom is -0.480 e. The standard InChI is InChI=1S/C27H44N4O5/c1-7-17(5)22(25(33)29-21(27(35)36)15-19-12-10-9-11-13-19)31-26(34)23(18(6)8-2)30-24(32)20(28)14-16(3)4/h9-13,16-18,20-23H,7-8,14-15,28H2,1-6H3,(H,29,33)(H,30,32)(H,31,34)(H,35,36). The first kappa shape index (κ1) is 31.1. The minimum absolute atomic E-state index is 0.113. The number of carbonyl (C=O) groups is 4. The van der Waals surface area contributed by atoms with Gasteiger partial charge in [0.25, 0.3) is 0 Å². The third-order valence-corrected chi connectivity index (χ3v) is 6.55. The molecule has 1 aromatic carbocycles. The molecule has 0 spiro atoms. The van der Waals surface area contributed by atoms with E-state index >= 15 is 0 Å². The number of carboxylic acids is 1. The van der Waals surface area contributed by atoms with Crippen LogP contribution in [0.3, 0.4) is 0 Å². The van der Waals surface area contributed by atoms with Crippen LogP contribution in [0.4, 0.5) is 0 Å². The summed E-state index contributed by atoms with van der Waals surface area (Å²) in [6.45, 7) is 11.4. The molecule has 3 amide bonds. The maximum absolute atomic E-state index is 13.3. The quantitative estimate of drug-likeness (QED) is 0.247. The first-order valence-electron chi connectivity index (χ1n) is 12.8. The molecule has 0 heterocycles. The van der Waals surface area contributed by atoms with Gasteiger partial charge in [-0.15, -0.1) is 0 Å². The van der Waals surface area contributed by atoms with Gasteiger partial charge >= 0.3 is 5.97 Å². The second-order valence-electron chi connectivity index (χ2n) is 10.1. The number of nitrogens with two attached hydrogens (primary N) is 1. The maximum Gasteiger partial charge on any atom is 0.326 e. The van der Waals surface area contributed by atoms with Gasteiger partial charge < -0.3 is 26.8 Å². The smallest absolute Gasteiger partial charge is 0.326 e. The van der Waals surface area contributed by atoms with Gasteiger partial charge in [0.15, 0.2) is 0 Å². The Bertz CT molecular complexity index is 861. The zero-order valence-corrected chi connectivity index (χ0v) is 22.4. The van der Waals surface area contributed by atoms with Gasteiger partial charge in [-0.05, 0) is 29.7 Å². The van der Waals surface area contributed by atoms with E-state index < -0.39 is 47.9 Å². The van der Waals surface area contributed by atoms with Crippen molar-refractivity contribution < 1.29 is 24.3 Å². The number of aliphatic carboxylic acids is 1. The summed E-state index contributed by atoms with van der Waals surface area (Å²) in [6, 6.07) is 5.28. The molecule has 9 nitrogen and oxygen atoms in total. The fourth-order valence-corrected chi connectivity index (χ4v) is 3.83. The van der Waals surface area contributed by atoms with Crippen LogP contribution in [0.25, 0.3) is 0 Å². The highest BCUT2D eigenvalue weighted by molar-refractivity contribution is 5.94. The van der Waals surface area contributed by atoms with Gasteiger partial charge in [0.05, 0.1) is 6.04 Å². The zero-order valence-electron chi connectivity index (χ0n) is 22.4. The number of hydrogen-bond donors (Lipinski definition) is 5. The number of carboxylic acid groups (broad SMARTS) is 1. The van der Waals surface area contributed by atoms with E-state index in [4.69, 9.17) is 5.73 Å². The van der Waals surface area contributed by atoms with Crippen molar-refractivity contribution >= 4 is 23.7 Å². The second kappa shape index (κ2) is 15.2. The predicted octanol–water partition coefficient (Wildman–Crippen LogP) is 2.23. The molecule has 0 radical (unpaired) electrons. The van der Waals surface area contributed by atoms with Crippen LogP contribution < -0.4 is 21.7 Å². The number of nitrogens with one attached hydrogen (secondary N) is 3. The monoisotopic (exact) mass is 504 g/mol. The Labute approximate surface area is 215 Å². The molecule has 1 rings (SSSR count). The Kier molecular flexibility index (Phi) is 13.2. The van der Waals surface area contributed by atoms with Crippen LogP contribution in [0.2, 0.25) is 0 Å². The molecule has 202 valence electrons. The van der Waals surface area contributed by atoms with Gasteiger partial charge in [0.2, 0.25) is 17.7 Å². The largest absolute Gasteiger partial charge is 0.480 e. The highest BCUT2D eigenvalue weighted by Crippen LogP contribution is 2.14. The average Bonchev–Trinajstić information content (AvgIpc) is 2.84. The fraction of sp³-hybridized carbons (Fsp3) is 0.630. The van der Waals surface area contributed by atoms with Crippen molar-refractivity contribution in [1.29, 1.82) is 0 Å². The van der Waals surface area contributed by atoms with E-state index in [2.05, 4.69) is 16.0 Å². The lowest BCUT2D eigenvalue weighted by molar-refractivity contribution is -0.142. The lowest BCUT2D eigenvalue weighted by Gasteiger charge is -2.30. The Morgan fingerprint density at radius 2 is 1.28 bits per heavy atom.